The van der Waals surface area contributed by atoms with Crippen LogP contribution in [-0.2, 0) is 19.0 Å². The van der Waals surface area contributed by atoms with E-state index < -0.39 is 0 Å². The molecular formula is C19H26O5. The third-order valence-electron chi connectivity index (χ3n) is 3.12. The highest BCUT2D eigenvalue weighted by Crippen LogP contribution is 2.25. The summed E-state index contributed by atoms with van der Waals surface area (Å²) in [5.41, 5.74) is 3.09. The molecule has 0 aromatic heterocycles. The van der Waals surface area contributed by atoms with Crippen LogP contribution in [0.25, 0.3) is 6.08 Å². The largest absolute Gasteiger partial charge is 0.467 e. The summed E-state index contributed by atoms with van der Waals surface area (Å²) < 4.78 is 20.7. The lowest BCUT2D eigenvalue weighted by atomic mass is 10.1. The molecule has 5 nitrogen and oxygen atoms in total. The highest BCUT2D eigenvalue weighted by atomic mass is 16.7. The number of aryl methyl sites for hydroxylation is 2. The van der Waals surface area contributed by atoms with E-state index >= 15 is 0 Å². The van der Waals surface area contributed by atoms with Crippen LogP contribution in [0.15, 0.2) is 30.4 Å². The molecule has 0 aliphatic rings. The van der Waals surface area contributed by atoms with Crippen molar-refractivity contribution in [1.82, 2.24) is 0 Å². The number of allylic oxidation sites excluding steroid dienone is 2. The lowest BCUT2D eigenvalue weighted by molar-refractivity contribution is -0.137. The number of hydrogen-bond donors (Lipinski definition) is 0. The molecule has 0 fully saturated rings. The van der Waals surface area contributed by atoms with E-state index in [4.69, 9.17) is 18.9 Å². The van der Waals surface area contributed by atoms with E-state index in [0.29, 0.717) is 19.8 Å². The van der Waals surface area contributed by atoms with Gasteiger partial charge in [0.05, 0.1) is 19.8 Å². The van der Waals surface area contributed by atoms with Crippen LogP contribution in [0, 0.1) is 13.8 Å². The van der Waals surface area contributed by atoms with Crippen LogP contribution in [0.4, 0.5) is 0 Å². The van der Waals surface area contributed by atoms with Gasteiger partial charge < -0.3 is 18.9 Å². The molecule has 1 rings (SSSR count). The minimum atomic E-state index is -0.341. The molecule has 0 bridgehead atoms. The minimum absolute atomic E-state index is 0.197. The van der Waals surface area contributed by atoms with Crippen LogP contribution >= 0.6 is 0 Å². The maximum Gasteiger partial charge on any atom is 0.330 e. The van der Waals surface area contributed by atoms with Crippen LogP contribution in [0.3, 0.4) is 0 Å². The molecule has 0 heterocycles. The Bertz CT molecular complexity index is 552. The topological polar surface area (TPSA) is 54.0 Å². The van der Waals surface area contributed by atoms with Gasteiger partial charge in [-0.05, 0) is 49.6 Å². The Morgan fingerprint density at radius 2 is 1.83 bits per heavy atom. The number of hydrogen-bond acceptors (Lipinski definition) is 5. The maximum absolute atomic E-state index is 11.2. The second-order valence-corrected chi connectivity index (χ2v) is 5.12. The number of rotatable bonds is 10. The number of esters is 1. The molecule has 132 valence electrons. The van der Waals surface area contributed by atoms with Gasteiger partial charge in [0.2, 0.25) is 0 Å². The van der Waals surface area contributed by atoms with Crippen LogP contribution in [-0.4, -0.2) is 39.7 Å². The van der Waals surface area contributed by atoms with E-state index in [0.717, 1.165) is 22.4 Å². The molecule has 0 unspecified atom stereocenters. The van der Waals surface area contributed by atoms with Crippen molar-refractivity contribution in [3.8, 4) is 5.75 Å². The zero-order valence-electron chi connectivity index (χ0n) is 14.8. The molecule has 0 aliphatic heterocycles. The number of carbonyl (C=O) groups is 1. The molecule has 0 spiro atoms. The fraction of sp³-hybridized carbons (Fsp3) is 0.421. The Balaban J connectivity index is 2.61. The average Bonchev–Trinajstić information content (AvgIpc) is 2.54. The van der Waals surface area contributed by atoms with Gasteiger partial charge in [0.15, 0.2) is 6.79 Å². The third-order valence-corrected chi connectivity index (χ3v) is 3.12. The zero-order valence-corrected chi connectivity index (χ0v) is 14.8. The first-order chi connectivity index (χ1) is 11.6. The van der Waals surface area contributed by atoms with Crippen molar-refractivity contribution in [2.24, 2.45) is 0 Å². The van der Waals surface area contributed by atoms with E-state index in [1.165, 1.54) is 6.08 Å². The van der Waals surface area contributed by atoms with Crippen molar-refractivity contribution in [2.45, 2.75) is 20.8 Å². The van der Waals surface area contributed by atoms with Gasteiger partial charge in [-0.15, -0.1) is 0 Å². The molecule has 0 atom stereocenters. The predicted octanol–water partition coefficient (Wildman–Crippen LogP) is 3.44. The normalized spacial score (nSPS) is 11.3. The summed E-state index contributed by atoms with van der Waals surface area (Å²) in [5, 5.41) is 0. The lowest BCUT2D eigenvalue weighted by Gasteiger charge is -2.13. The van der Waals surface area contributed by atoms with Crippen molar-refractivity contribution in [1.29, 1.82) is 0 Å². The van der Waals surface area contributed by atoms with E-state index in [-0.39, 0.29) is 12.8 Å². The first kappa shape index (κ1) is 19.9. The summed E-state index contributed by atoms with van der Waals surface area (Å²) in [7, 11) is 1.63. The van der Waals surface area contributed by atoms with Gasteiger partial charge in [-0.3, -0.25) is 0 Å². The molecule has 0 amide bonds. The summed E-state index contributed by atoms with van der Waals surface area (Å²) in [6.07, 6.45) is 6.79. The molecule has 0 radical (unpaired) electrons. The third kappa shape index (κ3) is 7.44. The molecule has 0 saturated carbocycles. The SMILES string of the molecule is CCOC(=O)C=CC=Cc1cc(C)c(OCOCCOC)c(C)c1. The first-order valence-corrected chi connectivity index (χ1v) is 7.90. The van der Waals surface area contributed by atoms with E-state index in [9.17, 15) is 4.79 Å². The number of methoxy groups -OCH3 is 1. The summed E-state index contributed by atoms with van der Waals surface area (Å²) in [6, 6.07) is 4.04. The fourth-order valence-electron chi connectivity index (χ4n) is 2.10. The summed E-state index contributed by atoms with van der Waals surface area (Å²) in [5.74, 6) is 0.485. The monoisotopic (exact) mass is 334 g/mol. The molecule has 0 saturated heterocycles. The maximum atomic E-state index is 11.2. The molecule has 1 aromatic carbocycles. The smallest absolute Gasteiger partial charge is 0.330 e. The second-order valence-electron chi connectivity index (χ2n) is 5.12. The predicted molar refractivity (Wildman–Crippen MR) is 94.0 cm³/mol. The zero-order chi connectivity index (χ0) is 17.8. The fourth-order valence-corrected chi connectivity index (χ4v) is 2.10. The van der Waals surface area contributed by atoms with Gasteiger partial charge >= 0.3 is 5.97 Å². The minimum Gasteiger partial charge on any atom is -0.467 e. The Kier molecular flexibility index (Phi) is 9.49. The van der Waals surface area contributed by atoms with Crippen LogP contribution in [0.5, 0.6) is 5.75 Å². The van der Waals surface area contributed by atoms with Crippen molar-refractivity contribution >= 4 is 12.0 Å². The Morgan fingerprint density at radius 1 is 1.12 bits per heavy atom. The van der Waals surface area contributed by atoms with E-state index in [1.807, 2.05) is 32.1 Å². The van der Waals surface area contributed by atoms with Crippen LogP contribution < -0.4 is 4.74 Å². The second kappa shape index (κ2) is 11.4. The van der Waals surface area contributed by atoms with Gasteiger partial charge in [0.1, 0.15) is 5.75 Å². The molecule has 0 aliphatic carbocycles. The number of carbonyl (C=O) groups excluding carboxylic acids is 1. The molecular weight excluding hydrogens is 308 g/mol. The van der Waals surface area contributed by atoms with Crippen molar-refractivity contribution in [3.63, 3.8) is 0 Å². The average molecular weight is 334 g/mol. The lowest BCUT2D eigenvalue weighted by Crippen LogP contribution is -2.09. The van der Waals surface area contributed by atoms with Crippen molar-refractivity contribution in [2.75, 3.05) is 33.7 Å². The molecule has 0 N–H and O–H groups in total. The van der Waals surface area contributed by atoms with Gasteiger partial charge in [-0.2, -0.15) is 0 Å². The summed E-state index contributed by atoms with van der Waals surface area (Å²) >= 11 is 0. The van der Waals surface area contributed by atoms with Crippen molar-refractivity contribution in [3.05, 3.63) is 47.1 Å². The Labute approximate surface area is 143 Å². The van der Waals surface area contributed by atoms with Gasteiger partial charge in [0.25, 0.3) is 0 Å². The van der Waals surface area contributed by atoms with E-state index in [2.05, 4.69) is 0 Å². The van der Waals surface area contributed by atoms with Gasteiger partial charge in [0, 0.05) is 13.2 Å². The van der Waals surface area contributed by atoms with Gasteiger partial charge in [-0.1, -0.05) is 18.2 Å². The first-order valence-electron chi connectivity index (χ1n) is 7.90. The summed E-state index contributed by atoms with van der Waals surface area (Å²) in [4.78, 5) is 11.2. The highest BCUT2D eigenvalue weighted by molar-refractivity contribution is 5.82. The van der Waals surface area contributed by atoms with Crippen LogP contribution in [0.1, 0.15) is 23.6 Å². The standard InChI is InChI=1S/C19H26O5/c1-5-23-18(20)9-7-6-8-17-12-15(2)19(16(3)13-17)24-14-22-11-10-21-4/h6-9,12-13H,5,10-11,14H2,1-4H3. The number of ether oxygens (including phenoxy) is 4. The van der Waals surface area contributed by atoms with E-state index in [1.54, 1.807) is 26.2 Å². The highest BCUT2D eigenvalue weighted by Gasteiger charge is 2.05. The van der Waals surface area contributed by atoms with Gasteiger partial charge in [-0.25, -0.2) is 4.79 Å². The van der Waals surface area contributed by atoms with Crippen LogP contribution in [0.2, 0.25) is 0 Å². The molecule has 24 heavy (non-hydrogen) atoms. The molecule has 5 heteroatoms. The molecule has 1 aromatic rings. The Hall–Kier alpha value is -2.11. The Morgan fingerprint density at radius 3 is 2.46 bits per heavy atom. The number of benzene rings is 1. The summed E-state index contributed by atoms with van der Waals surface area (Å²) in [6.45, 7) is 7.38. The quantitative estimate of drug-likeness (QED) is 0.216. The van der Waals surface area contributed by atoms with Crippen molar-refractivity contribution < 1.29 is 23.7 Å².